The van der Waals surface area contributed by atoms with Crippen LogP contribution in [0.1, 0.15) is 27.2 Å². The first-order valence-corrected chi connectivity index (χ1v) is 9.46. The molecule has 0 bridgehead atoms. The van der Waals surface area contributed by atoms with Gasteiger partial charge in [0.1, 0.15) is 13.2 Å². The van der Waals surface area contributed by atoms with Crippen LogP contribution in [-0.2, 0) is 15.6 Å². The maximum atomic E-state index is 12.4. The lowest BCUT2D eigenvalue weighted by Crippen LogP contribution is -2.55. The van der Waals surface area contributed by atoms with Crippen LogP contribution in [-0.4, -0.2) is 41.2 Å². The third-order valence-electron chi connectivity index (χ3n) is 4.41. The van der Waals surface area contributed by atoms with E-state index in [-0.39, 0.29) is 36.4 Å². The van der Waals surface area contributed by atoms with Crippen molar-refractivity contribution in [3.63, 3.8) is 0 Å². The lowest BCUT2D eigenvalue weighted by Gasteiger charge is -2.33. The van der Waals surface area contributed by atoms with Crippen molar-refractivity contribution in [2.24, 2.45) is 11.7 Å². The topological polar surface area (TPSA) is 90.7 Å². The fourth-order valence-electron chi connectivity index (χ4n) is 2.28. The molecule has 6 nitrogen and oxygen atoms in total. The first-order chi connectivity index (χ1) is 11.4. The van der Waals surface area contributed by atoms with Gasteiger partial charge in [-0.2, -0.15) is 0 Å². The fraction of sp³-hybridized carbons (Fsp3) is 0.588. The molecular weight excluding hydrogens is 364 g/mol. The summed E-state index contributed by atoms with van der Waals surface area (Å²) < 4.78 is 23.4. The largest absolute Gasteiger partial charge is 0.486 e. The minimum absolute atomic E-state index is 0. The van der Waals surface area contributed by atoms with Crippen molar-refractivity contribution >= 4 is 29.1 Å². The smallest absolute Gasteiger partial charge is 0.221 e. The molecule has 0 spiro atoms. The molecule has 8 heteroatoms. The van der Waals surface area contributed by atoms with Gasteiger partial charge in [-0.25, -0.2) is 0 Å². The van der Waals surface area contributed by atoms with Crippen LogP contribution < -0.4 is 20.5 Å². The second kappa shape index (κ2) is 9.40. The average Bonchev–Trinajstić information content (AvgIpc) is 2.58. The van der Waals surface area contributed by atoms with E-state index in [1.165, 1.54) is 0 Å². The number of hydrogen-bond donors (Lipinski definition) is 2. The zero-order chi connectivity index (χ0) is 17.7. The van der Waals surface area contributed by atoms with Gasteiger partial charge >= 0.3 is 0 Å². The molecule has 0 fully saturated rings. The number of nitrogens with two attached hydrogens (primary N) is 1. The minimum Gasteiger partial charge on any atom is -0.486 e. The van der Waals surface area contributed by atoms with Crippen LogP contribution in [0.5, 0.6) is 11.5 Å². The molecule has 3 N–H and O–H groups in total. The average molecular weight is 391 g/mol. The molecule has 1 amide bonds. The van der Waals surface area contributed by atoms with Gasteiger partial charge in [-0.15, -0.1) is 12.4 Å². The normalized spacial score (nSPS) is 16.5. The van der Waals surface area contributed by atoms with Gasteiger partial charge in [-0.3, -0.25) is 9.00 Å². The van der Waals surface area contributed by atoms with Gasteiger partial charge in [-0.1, -0.05) is 13.8 Å². The van der Waals surface area contributed by atoms with E-state index in [0.717, 1.165) is 0 Å². The molecule has 0 aliphatic carbocycles. The minimum atomic E-state index is -1.27. The molecule has 2 atom stereocenters. The van der Waals surface area contributed by atoms with Gasteiger partial charge in [0.25, 0.3) is 0 Å². The van der Waals surface area contributed by atoms with E-state index in [0.29, 0.717) is 36.2 Å². The molecule has 142 valence electrons. The standard InChI is InChI=1S/C17H26N2O4S.ClH/c1-12(2)17(3,11-18)19-16(20)6-9-24(21)13-4-5-14-15(10-13)23-8-7-22-14;/h4-5,10,12H,6-9,11,18H2,1-3H3,(H,19,20);1H. The molecule has 1 heterocycles. The Morgan fingerprint density at radius 2 is 1.96 bits per heavy atom. The Kier molecular flexibility index (Phi) is 8.18. The summed E-state index contributed by atoms with van der Waals surface area (Å²) in [6, 6.07) is 5.23. The van der Waals surface area contributed by atoms with E-state index in [1.807, 2.05) is 20.8 Å². The van der Waals surface area contributed by atoms with Crippen LogP contribution in [0.3, 0.4) is 0 Å². The molecule has 1 aromatic rings. The first kappa shape index (κ1) is 21.7. The van der Waals surface area contributed by atoms with Crippen LogP contribution in [0.2, 0.25) is 0 Å². The highest BCUT2D eigenvalue weighted by molar-refractivity contribution is 7.85. The molecule has 1 aliphatic heterocycles. The number of carbonyl (C=O) groups excluding carboxylic acids is 1. The van der Waals surface area contributed by atoms with Crippen molar-refractivity contribution in [3.8, 4) is 11.5 Å². The van der Waals surface area contributed by atoms with Crippen LogP contribution in [0.15, 0.2) is 23.1 Å². The summed E-state index contributed by atoms with van der Waals surface area (Å²) in [5, 5.41) is 2.96. The zero-order valence-corrected chi connectivity index (χ0v) is 16.5. The van der Waals surface area contributed by atoms with Crippen molar-refractivity contribution < 1.29 is 18.5 Å². The van der Waals surface area contributed by atoms with Crippen molar-refractivity contribution in [2.75, 3.05) is 25.5 Å². The van der Waals surface area contributed by atoms with E-state index in [4.69, 9.17) is 15.2 Å². The van der Waals surface area contributed by atoms with Gasteiger partial charge in [-0.05, 0) is 25.0 Å². The summed E-state index contributed by atoms with van der Waals surface area (Å²) in [6.45, 7) is 7.32. The number of carbonyl (C=O) groups is 1. The summed E-state index contributed by atoms with van der Waals surface area (Å²) in [7, 11) is -1.27. The van der Waals surface area contributed by atoms with E-state index < -0.39 is 16.3 Å². The van der Waals surface area contributed by atoms with Gasteiger partial charge in [0, 0.05) is 29.7 Å². The fourth-order valence-corrected chi connectivity index (χ4v) is 3.35. The third-order valence-corrected chi connectivity index (χ3v) is 5.77. The van der Waals surface area contributed by atoms with Crippen LogP contribution in [0.4, 0.5) is 0 Å². The second-order valence-electron chi connectivity index (χ2n) is 6.43. The Morgan fingerprint density at radius 3 is 2.56 bits per heavy atom. The highest BCUT2D eigenvalue weighted by Crippen LogP contribution is 2.31. The monoisotopic (exact) mass is 390 g/mol. The van der Waals surface area contributed by atoms with Gasteiger partial charge in [0.05, 0.1) is 16.3 Å². The number of nitrogens with one attached hydrogen (secondary N) is 1. The van der Waals surface area contributed by atoms with Crippen LogP contribution >= 0.6 is 12.4 Å². The molecule has 0 saturated carbocycles. The summed E-state index contributed by atoms with van der Waals surface area (Å²) in [5.74, 6) is 1.60. The van der Waals surface area contributed by atoms with Gasteiger partial charge in [0.15, 0.2) is 11.5 Å². The predicted molar refractivity (Wildman–Crippen MR) is 101 cm³/mol. The SMILES string of the molecule is CC(C)C(C)(CN)NC(=O)CCS(=O)c1ccc2c(c1)OCCO2.Cl. The van der Waals surface area contributed by atoms with Gasteiger partial charge in [0.2, 0.25) is 5.91 Å². The second-order valence-corrected chi connectivity index (χ2v) is 8.00. The zero-order valence-electron chi connectivity index (χ0n) is 14.9. The van der Waals surface area contributed by atoms with Crippen molar-refractivity contribution in [2.45, 2.75) is 37.6 Å². The Hall–Kier alpha value is -1.31. The Bertz CT molecular complexity index is 627. The van der Waals surface area contributed by atoms with Crippen molar-refractivity contribution in [1.29, 1.82) is 0 Å². The number of hydrogen-bond acceptors (Lipinski definition) is 5. The van der Waals surface area contributed by atoms with Crippen molar-refractivity contribution in [3.05, 3.63) is 18.2 Å². The maximum absolute atomic E-state index is 12.4. The Balaban J connectivity index is 0.00000312. The molecule has 2 rings (SSSR count). The Morgan fingerprint density at radius 1 is 1.32 bits per heavy atom. The molecule has 0 radical (unpaired) electrons. The van der Waals surface area contributed by atoms with E-state index in [9.17, 15) is 9.00 Å². The highest BCUT2D eigenvalue weighted by atomic mass is 35.5. The van der Waals surface area contributed by atoms with Crippen LogP contribution in [0, 0.1) is 5.92 Å². The number of ether oxygens (including phenoxy) is 2. The van der Waals surface area contributed by atoms with Crippen molar-refractivity contribution in [1.82, 2.24) is 5.32 Å². The lowest BCUT2D eigenvalue weighted by molar-refractivity contribution is -0.122. The summed E-state index contributed by atoms with van der Waals surface area (Å²) in [6.07, 6.45) is 0.184. The molecule has 2 unspecified atom stereocenters. The summed E-state index contributed by atoms with van der Waals surface area (Å²) >= 11 is 0. The van der Waals surface area contributed by atoms with E-state index in [2.05, 4.69) is 5.32 Å². The lowest BCUT2D eigenvalue weighted by atomic mass is 9.88. The quantitative estimate of drug-likeness (QED) is 0.741. The number of rotatable bonds is 7. The molecule has 1 aliphatic rings. The number of halogens is 1. The molecule has 1 aromatic carbocycles. The summed E-state index contributed by atoms with van der Waals surface area (Å²) in [5.41, 5.74) is 5.32. The predicted octanol–water partition coefficient (Wildman–Crippen LogP) is 1.87. The number of fused-ring (bicyclic) bond motifs is 1. The van der Waals surface area contributed by atoms with Crippen LogP contribution in [0.25, 0.3) is 0 Å². The Labute approximate surface area is 157 Å². The first-order valence-electron chi connectivity index (χ1n) is 8.15. The van der Waals surface area contributed by atoms with E-state index in [1.54, 1.807) is 18.2 Å². The molecule has 25 heavy (non-hydrogen) atoms. The summed E-state index contributed by atoms with van der Waals surface area (Å²) in [4.78, 5) is 12.8. The number of benzene rings is 1. The van der Waals surface area contributed by atoms with Gasteiger partial charge < -0.3 is 20.5 Å². The molecule has 0 aromatic heterocycles. The molecule has 0 saturated heterocycles. The number of amides is 1. The molecular formula is C17H27ClN2O4S. The van der Waals surface area contributed by atoms with E-state index >= 15 is 0 Å². The highest BCUT2D eigenvalue weighted by Gasteiger charge is 2.28. The maximum Gasteiger partial charge on any atom is 0.221 e. The third kappa shape index (κ3) is 5.59.